The molecule has 0 saturated heterocycles. The van der Waals surface area contributed by atoms with Crippen molar-refractivity contribution in [2.45, 2.75) is 70.4 Å². The number of carbonyl (C=O) groups is 2. The Bertz CT molecular complexity index is 514. The van der Waals surface area contributed by atoms with Crippen LogP contribution in [0.3, 0.4) is 0 Å². The van der Waals surface area contributed by atoms with Crippen molar-refractivity contribution < 1.29 is 19.8 Å². The second-order valence-electron chi connectivity index (χ2n) is 6.34. The number of hydrogen-bond donors (Lipinski definition) is 5. The van der Waals surface area contributed by atoms with Crippen molar-refractivity contribution in [3.8, 4) is 0 Å². The minimum atomic E-state index is -1.09. The van der Waals surface area contributed by atoms with Crippen LogP contribution in [0, 0.1) is 0 Å². The molecule has 8 heteroatoms. The summed E-state index contributed by atoms with van der Waals surface area (Å²) in [7, 11) is 0. The van der Waals surface area contributed by atoms with Crippen LogP contribution in [0.4, 0.5) is 0 Å². The molecule has 0 rings (SSSR count). The number of aliphatic hydroxyl groups is 1. The maximum Gasteiger partial charge on any atom is 0.326 e. The molecule has 1 unspecified atom stereocenters. The third-order valence-electron chi connectivity index (χ3n) is 3.93. The second kappa shape index (κ2) is 15.9. The van der Waals surface area contributed by atoms with Crippen molar-refractivity contribution in [3.63, 3.8) is 0 Å². The second-order valence-corrected chi connectivity index (χ2v) is 6.34. The zero-order chi connectivity index (χ0) is 20.5. The van der Waals surface area contributed by atoms with E-state index in [1.807, 2.05) is 13.0 Å². The van der Waals surface area contributed by atoms with Gasteiger partial charge in [0.25, 0.3) is 0 Å². The van der Waals surface area contributed by atoms with Gasteiger partial charge in [-0.2, -0.15) is 0 Å². The SMILES string of the molecule is CCC(O)CCCCC/C=C/C=C/C(=O)N[C@@H](CCCN=C(N)N)C(=O)O. The lowest BCUT2D eigenvalue weighted by Gasteiger charge is -2.12. The minimum absolute atomic E-state index is 0.0424. The minimum Gasteiger partial charge on any atom is -0.480 e. The molecule has 0 aromatic rings. The van der Waals surface area contributed by atoms with E-state index in [0.717, 1.165) is 38.5 Å². The van der Waals surface area contributed by atoms with Crippen molar-refractivity contribution >= 4 is 17.8 Å². The Morgan fingerprint density at radius 1 is 1.11 bits per heavy atom. The summed E-state index contributed by atoms with van der Waals surface area (Å²) < 4.78 is 0. The van der Waals surface area contributed by atoms with Gasteiger partial charge in [0.15, 0.2) is 5.96 Å². The Labute approximate surface area is 161 Å². The first kappa shape index (κ1) is 24.7. The number of amides is 1. The summed E-state index contributed by atoms with van der Waals surface area (Å²) in [5.74, 6) is -1.59. The molecule has 0 bridgehead atoms. The van der Waals surface area contributed by atoms with Gasteiger partial charge >= 0.3 is 5.97 Å². The van der Waals surface area contributed by atoms with Gasteiger partial charge in [-0.1, -0.05) is 38.0 Å². The van der Waals surface area contributed by atoms with Crippen LogP contribution in [0.15, 0.2) is 29.3 Å². The lowest BCUT2D eigenvalue weighted by Crippen LogP contribution is -2.40. The van der Waals surface area contributed by atoms with Crippen LogP contribution in [0.25, 0.3) is 0 Å². The Morgan fingerprint density at radius 2 is 1.85 bits per heavy atom. The molecule has 7 N–H and O–H groups in total. The predicted octanol–water partition coefficient (Wildman–Crippen LogP) is 1.44. The zero-order valence-electron chi connectivity index (χ0n) is 16.1. The number of carboxylic acid groups (broad SMARTS) is 1. The largest absolute Gasteiger partial charge is 0.480 e. The summed E-state index contributed by atoms with van der Waals surface area (Å²) >= 11 is 0. The van der Waals surface area contributed by atoms with Gasteiger partial charge in [0, 0.05) is 12.6 Å². The van der Waals surface area contributed by atoms with Crippen LogP contribution in [-0.2, 0) is 9.59 Å². The molecule has 0 heterocycles. The van der Waals surface area contributed by atoms with Crippen LogP contribution in [0.5, 0.6) is 0 Å². The lowest BCUT2D eigenvalue weighted by atomic mass is 10.1. The average molecular weight is 383 g/mol. The Morgan fingerprint density at radius 3 is 2.48 bits per heavy atom. The van der Waals surface area contributed by atoms with Gasteiger partial charge in [0.2, 0.25) is 5.91 Å². The highest BCUT2D eigenvalue weighted by Crippen LogP contribution is 2.08. The van der Waals surface area contributed by atoms with Gasteiger partial charge in [-0.15, -0.1) is 0 Å². The standard InChI is InChI=1S/C19H34N4O4/c1-2-15(24)11-8-6-4-3-5-7-9-13-17(25)23-16(18(26)27)12-10-14-22-19(20)21/h5,7,9,13,15-16,24H,2-4,6,8,10-12,14H2,1H3,(H,23,25)(H,26,27)(H4,20,21,22)/b7-5+,13-9+/t15?,16-/m0/s1. The van der Waals surface area contributed by atoms with Crippen molar-refractivity contribution in [2.75, 3.05) is 6.54 Å². The molecule has 8 nitrogen and oxygen atoms in total. The predicted molar refractivity (Wildman–Crippen MR) is 107 cm³/mol. The van der Waals surface area contributed by atoms with Crippen LogP contribution in [0.1, 0.15) is 58.3 Å². The van der Waals surface area contributed by atoms with E-state index in [4.69, 9.17) is 16.6 Å². The number of rotatable bonds is 15. The molecule has 2 atom stereocenters. The van der Waals surface area contributed by atoms with E-state index in [2.05, 4.69) is 10.3 Å². The van der Waals surface area contributed by atoms with Gasteiger partial charge in [-0.3, -0.25) is 9.79 Å². The lowest BCUT2D eigenvalue weighted by molar-refractivity contribution is -0.141. The average Bonchev–Trinajstić information content (AvgIpc) is 2.62. The molecular formula is C19H34N4O4. The number of carbonyl (C=O) groups excluding carboxylic acids is 1. The highest BCUT2D eigenvalue weighted by Gasteiger charge is 2.17. The van der Waals surface area contributed by atoms with Gasteiger partial charge in [0.1, 0.15) is 6.04 Å². The number of unbranched alkanes of at least 4 members (excludes halogenated alkanes) is 3. The number of nitrogens with one attached hydrogen (secondary N) is 1. The third-order valence-corrected chi connectivity index (χ3v) is 3.93. The Kier molecular flexibility index (Phi) is 14.5. The quantitative estimate of drug-likeness (QED) is 0.0950. The first-order valence-corrected chi connectivity index (χ1v) is 9.46. The first-order valence-electron chi connectivity index (χ1n) is 9.46. The first-order chi connectivity index (χ1) is 12.9. The smallest absolute Gasteiger partial charge is 0.326 e. The molecule has 0 aromatic carbocycles. The number of nitrogens with zero attached hydrogens (tertiary/aromatic N) is 1. The molecule has 154 valence electrons. The van der Waals surface area contributed by atoms with E-state index in [-0.39, 0.29) is 18.5 Å². The van der Waals surface area contributed by atoms with Crippen molar-refractivity contribution in [3.05, 3.63) is 24.3 Å². The summed E-state index contributed by atoms with van der Waals surface area (Å²) in [6.07, 6.45) is 12.8. The number of carboxylic acids is 1. The fourth-order valence-electron chi connectivity index (χ4n) is 2.32. The highest BCUT2D eigenvalue weighted by molar-refractivity contribution is 5.91. The summed E-state index contributed by atoms with van der Waals surface area (Å²) in [5, 5.41) is 21.0. The molecule has 0 saturated carbocycles. The highest BCUT2D eigenvalue weighted by atomic mass is 16.4. The Hall–Kier alpha value is -2.35. The Balaban J connectivity index is 4.01. The summed E-state index contributed by atoms with van der Waals surface area (Å²) in [4.78, 5) is 26.7. The molecule has 0 aliphatic heterocycles. The fourth-order valence-corrected chi connectivity index (χ4v) is 2.32. The molecule has 0 aliphatic rings. The molecule has 0 fully saturated rings. The molecule has 27 heavy (non-hydrogen) atoms. The van der Waals surface area contributed by atoms with Gasteiger partial charge in [0.05, 0.1) is 6.10 Å². The number of hydrogen-bond acceptors (Lipinski definition) is 4. The number of allylic oxidation sites excluding steroid dienone is 3. The molecule has 1 amide bonds. The molecule has 0 radical (unpaired) electrons. The molecule has 0 aliphatic carbocycles. The number of nitrogens with two attached hydrogens (primary N) is 2. The van der Waals surface area contributed by atoms with Crippen molar-refractivity contribution in [2.24, 2.45) is 16.5 Å². The topological polar surface area (TPSA) is 151 Å². The van der Waals surface area contributed by atoms with E-state index in [1.165, 1.54) is 6.08 Å². The monoisotopic (exact) mass is 382 g/mol. The molecular weight excluding hydrogens is 348 g/mol. The van der Waals surface area contributed by atoms with Gasteiger partial charge < -0.3 is 27.0 Å². The summed E-state index contributed by atoms with van der Waals surface area (Å²) in [6, 6.07) is -0.973. The van der Waals surface area contributed by atoms with Gasteiger partial charge in [-0.05, 0) is 38.5 Å². The number of guanidine groups is 1. The van der Waals surface area contributed by atoms with Crippen molar-refractivity contribution in [1.29, 1.82) is 0 Å². The van der Waals surface area contributed by atoms with E-state index >= 15 is 0 Å². The number of aliphatic imine (C=N–C) groups is 1. The fraction of sp³-hybridized carbons (Fsp3) is 0.632. The van der Waals surface area contributed by atoms with Crippen LogP contribution in [0.2, 0.25) is 0 Å². The van der Waals surface area contributed by atoms with Crippen LogP contribution in [-0.4, -0.2) is 46.7 Å². The number of aliphatic hydroxyl groups excluding tert-OH is 1. The summed E-state index contributed by atoms with van der Waals surface area (Å²) in [6.45, 7) is 2.29. The van der Waals surface area contributed by atoms with Crippen LogP contribution >= 0.6 is 0 Å². The van der Waals surface area contributed by atoms with Crippen molar-refractivity contribution in [1.82, 2.24) is 5.32 Å². The van der Waals surface area contributed by atoms with E-state index in [9.17, 15) is 14.7 Å². The summed E-state index contributed by atoms with van der Waals surface area (Å²) in [5.41, 5.74) is 10.4. The van der Waals surface area contributed by atoms with Gasteiger partial charge in [-0.25, -0.2) is 4.79 Å². The maximum atomic E-state index is 11.8. The van der Waals surface area contributed by atoms with E-state index in [0.29, 0.717) is 13.0 Å². The van der Waals surface area contributed by atoms with E-state index in [1.54, 1.807) is 12.2 Å². The van der Waals surface area contributed by atoms with E-state index < -0.39 is 17.9 Å². The molecule has 0 aromatic heterocycles. The van der Waals surface area contributed by atoms with Crippen LogP contribution < -0.4 is 16.8 Å². The normalized spacial score (nSPS) is 13.6. The molecule has 0 spiro atoms. The third kappa shape index (κ3) is 15.6. The maximum absolute atomic E-state index is 11.8. The number of aliphatic carboxylic acids is 1. The zero-order valence-corrected chi connectivity index (χ0v) is 16.1.